The van der Waals surface area contributed by atoms with E-state index in [-0.39, 0.29) is 23.8 Å². The van der Waals surface area contributed by atoms with Gasteiger partial charge in [0.25, 0.3) is 11.8 Å². The van der Waals surface area contributed by atoms with Crippen LogP contribution in [0, 0.1) is 11.3 Å². The number of hydrazine groups is 1. The molecule has 0 unspecified atom stereocenters. The summed E-state index contributed by atoms with van der Waals surface area (Å²) in [6.45, 7) is 11.0. The number of aromatic nitrogens is 1. The van der Waals surface area contributed by atoms with Crippen molar-refractivity contribution in [1.29, 1.82) is 0 Å². The molecule has 10 nitrogen and oxygen atoms in total. The molecule has 3 heterocycles. The first-order valence-electron chi connectivity index (χ1n) is 14.3. The van der Waals surface area contributed by atoms with E-state index in [1.54, 1.807) is 40.8 Å². The highest BCUT2D eigenvalue weighted by molar-refractivity contribution is 5.91. The van der Waals surface area contributed by atoms with E-state index in [0.717, 1.165) is 22.0 Å². The highest BCUT2D eigenvalue weighted by atomic mass is 16.5. The molecule has 220 valence electrons. The summed E-state index contributed by atoms with van der Waals surface area (Å²) in [7, 11) is 0. The normalized spacial score (nSPS) is 27.1. The first kappa shape index (κ1) is 30.2. The Hall–Kier alpha value is -3.79. The number of carbonyl (C=O) groups excluding carboxylic acids is 4. The van der Waals surface area contributed by atoms with Crippen LogP contribution >= 0.6 is 0 Å². The van der Waals surface area contributed by atoms with Crippen LogP contribution in [0.2, 0.25) is 0 Å². The highest BCUT2D eigenvalue weighted by Crippen LogP contribution is 2.26. The van der Waals surface area contributed by atoms with Crippen LogP contribution in [0.15, 0.2) is 36.5 Å². The molecule has 10 heteroatoms. The quantitative estimate of drug-likeness (QED) is 0.454. The van der Waals surface area contributed by atoms with Gasteiger partial charge in [0, 0.05) is 18.1 Å². The van der Waals surface area contributed by atoms with Gasteiger partial charge in [-0.2, -0.15) is 0 Å². The van der Waals surface area contributed by atoms with Crippen molar-refractivity contribution in [3.05, 3.63) is 47.8 Å². The largest absolute Gasteiger partial charge is 0.452 e. The lowest BCUT2D eigenvalue weighted by molar-refractivity contribution is -0.167. The van der Waals surface area contributed by atoms with Crippen LogP contribution in [0.1, 0.15) is 78.1 Å². The van der Waals surface area contributed by atoms with Crippen LogP contribution in [-0.4, -0.2) is 58.4 Å². The molecule has 5 bridgehead atoms. The summed E-state index contributed by atoms with van der Waals surface area (Å²) in [5.41, 5.74) is 3.82. The van der Waals surface area contributed by atoms with Gasteiger partial charge in [0.1, 0.15) is 12.1 Å². The molecule has 1 saturated heterocycles. The van der Waals surface area contributed by atoms with Crippen LogP contribution in [-0.2, 0) is 23.9 Å². The molecule has 3 N–H and O–H groups in total. The van der Waals surface area contributed by atoms with E-state index in [1.807, 2.05) is 43.3 Å². The Balaban J connectivity index is 1.66. The second-order valence-corrected chi connectivity index (χ2v) is 12.1. The fraction of sp³-hybridized carbons (Fsp3) is 0.516. The number of ether oxygens (including phenoxy) is 1. The minimum absolute atomic E-state index is 0.207. The predicted molar refractivity (Wildman–Crippen MR) is 156 cm³/mol. The monoisotopic (exact) mass is 563 g/mol. The molecule has 0 aliphatic carbocycles. The number of benzene rings is 1. The standard InChI is InChI=1S/C31H41N5O5/c1-18(2)26-28(38)34-20(4)29(39)36-14-8-10-25(35-36)27(37)33-19(3)21-11-12-22-17-32-24(16-23(22)15-21)9-7-13-31(5,6)30(40)41-26/h7,9,11-12,15-20,25-26,35H,8,10,13-14H2,1-6H3,(H,33,37)(H,34,38)/b9-7+/t19-,20+,25+,26+/m1/s1. The third-order valence-electron chi connectivity index (χ3n) is 7.69. The van der Waals surface area contributed by atoms with Gasteiger partial charge in [0.05, 0.1) is 17.2 Å². The molecule has 1 aromatic carbocycles. The molecule has 2 aliphatic heterocycles. The van der Waals surface area contributed by atoms with Crippen LogP contribution in [0.3, 0.4) is 0 Å². The Morgan fingerprint density at radius 2 is 1.73 bits per heavy atom. The van der Waals surface area contributed by atoms with Crippen molar-refractivity contribution >= 4 is 40.5 Å². The van der Waals surface area contributed by atoms with E-state index < -0.39 is 35.5 Å². The van der Waals surface area contributed by atoms with E-state index in [0.29, 0.717) is 25.8 Å². The molecule has 3 amide bonds. The number of allylic oxidation sites excluding steroid dienone is 1. The number of amides is 3. The minimum atomic E-state index is -1.07. The molecule has 4 atom stereocenters. The van der Waals surface area contributed by atoms with Crippen molar-refractivity contribution < 1.29 is 23.9 Å². The van der Waals surface area contributed by atoms with E-state index in [2.05, 4.69) is 21.0 Å². The third-order valence-corrected chi connectivity index (χ3v) is 7.69. The molecule has 2 aliphatic rings. The Kier molecular flexibility index (Phi) is 9.11. The Labute approximate surface area is 241 Å². The smallest absolute Gasteiger partial charge is 0.312 e. The van der Waals surface area contributed by atoms with E-state index in [4.69, 9.17) is 4.74 Å². The number of nitrogens with zero attached hydrogens (tertiary/aromatic N) is 2. The maximum absolute atomic E-state index is 13.2. The van der Waals surface area contributed by atoms with Crippen molar-refractivity contribution in [3.63, 3.8) is 0 Å². The number of pyridine rings is 1. The van der Waals surface area contributed by atoms with Gasteiger partial charge in [-0.15, -0.1) is 0 Å². The average Bonchev–Trinajstić information content (AvgIpc) is 2.94. The summed E-state index contributed by atoms with van der Waals surface area (Å²) in [5.74, 6) is -1.94. The molecular weight excluding hydrogens is 522 g/mol. The van der Waals surface area contributed by atoms with Gasteiger partial charge < -0.3 is 15.4 Å². The van der Waals surface area contributed by atoms with Gasteiger partial charge in [0.15, 0.2) is 6.10 Å². The van der Waals surface area contributed by atoms with Gasteiger partial charge in [0.2, 0.25) is 5.91 Å². The van der Waals surface area contributed by atoms with Crippen LogP contribution < -0.4 is 16.1 Å². The molecule has 0 spiro atoms. The minimum Gasteiger partial charge on any atom is -0.452 e. The average molecular weight is 564 g/mol. The second kappa shape index (κ2) is 12.4. The number of rotatable bonds is 1. The number of hydrogen-bond acceptors (Lipinski definition) is 7. The second-order valence-electron chi connectivity index (χ2n) is 12.1. The van der Waals surface area contributed by atoms with Gasteiger partial charge in [-0.25, -0.2) is 5.43 Å². The number of carbonyl (C=O) groups is 4. The van der Waals surface area contributed by atoms with Crippen molar-refractivity contribution in [2.45, 2.75) is 85.0 Å². The van der Waals surface area contributed by atoms with Gasteiger partial charge >= 0.3 is 5.97 Å². The summed E-state index contributed by atoms with van der Waals surface area (Å²) in [6.07, 6.45) is 6.04. The number of esters is 1. The fourth-order valence-corrected chi connectivity index (χ4v) is 4.98. The lowest BCUT2D eigenvalue weighted by Gasteiger charge is -2.35. The first-order valence-corrected chi connectivity index (χ1v) is 14.3. The number of cyclic esters (lactones) is 1. The van der Waals surface area contributed by atoms with Gasteiger partial charge in [-0.3, -0.25) is 29.2 Å². The van der Waals surface area contributed by atoms with E-state index >= 15 is 0 Å². The summed E-state index contributed by atoms with van der Waals surface area (Å²) >= 11 is 0. The van der Waals surface area contributed by atoms with Gasteiger partial charge in [-0.1, -0.05) is 32.1 Å². The number of fused-ring (bicyclic) bond motifs is 4. The Morgan fingerprint density at radius 3 is 2.46 bits per heavy atom. The lowest BCUT2D eigenvalue weighted by atomic mass is 9.89. The maximum Gasteiger partial charge on any atom is 0.312 e. The molecule has 0 saturated carbocycles. The number of hydrogen-bond donors (Lipinski definition) is 3. The molecule has 0 radical (unpaired) electrons. The zero-order valence-electron chi connectivity index (χ0n) is 24.7. The summed E-state index contributed by atoms with van der Waals surface area (Å²) < 4.78 is 5.71. The molecular formula is C31H41N5O5. The van der Waals surface area contributed by atoms with Crippen molar-refractivity contribution in [1.82, 2.24) is 26.1 Å². The van der Waals surface area contributed by atoms with Crippen LogP contribution in [0.5, 0.6) is 0 Å². The van der Waals surface area contributed by atoms with Crippen molar-refractivity contribution in [3.8, 4) is 0 Å². The summed E-state index contributed by atoms with van der Waals surface area (Å²) in [6, 6.07) is 6.20. The van der Waals surface area contributed by atoms with Crippen molar-refractivity contribution in [2.75, 3.05) is 6.54 Å². The Bertz CT molecular complexity index is 1350. The Morgan fingerprint density at radius 1 is 1.00 bits per heavy atom. The summed E-state index contributed by atoms with van der Waals surface area (Å²) in [5, 5.41) is 9.12. The van der Waals surface area contributed by atoms with E-state index in [9.17, 15) is 19.2 Å². The third kappa shape index (κ3) is 7.11. The summed E-state index contributed by atoms with van der Waals surface area (Å²) in [4.78, 5) is 57.3. The zero-order chi connectivity index (χ0) is 29.9. The highest BCUT2D eigenvalue weighted by Gasteiger charge is 2.36. The van der Waals surface area contributed by atoms with Crippen LogP contribution in [0.25, 0.3) is 16.8 Å². The SMILES string of the molecule is CC(C)[C@@H]1OC(=O)C(C)(C)C/C=C/c2cc3cc(ccc3cn2)[C@@H](C)NC(=O)[C@@H]2CCCN(N2)C(=O)[C@H](C)NC1=O. The number of nitrogens with one attached hydrogen (secondary N) is 3. The predicted octanol–water partition coefficient (Wildman–Crippen LogP) is 3.42. The van der Waals surface area contributed by atoms with Crippen LogP contribution in [0.4, 0.5) is 0 Å². The fourth-order valence-electron chi connectivity index (χ4n) is 4.98. The molecule has 1 fully saturated rings. The maximum atomic E-state index is 13.2. The lowest BCUT2D eigenvalue weighted by Crippen LogP contribution is -2.61. The molecule has 4 rings (SSSR count). The van der Waals surface area contributed by atoms with Crippen molar-refractivity contribution in [2.24, 2.45) is 11.3 Å². The molecule has 1 aromatic heterocycles. The topological polar surface area (TPSA) is 130 Å². The zero-order valence-corrected chi connectivity index (χ0v) is 24.7. The molecule has 41 heavy (non-hydrogen) atoms. The van der Waals surface area contributed by atoms with Gasteiger partial charge in [-0.05, 0) is 82.0 Å². The first-order chi connectivity index (χ1) is 19.4. The van der Waals surface area contributed by atoms with E-state index in [1.165, 1.54) is 5.01 Å². The molecule has 2 aromatic rings.